The fraction of sp³-hybridized carbons (Fsp3) is 0.875. The molecule has 0 spiro atoms. The quantitative estimate of drug-likeness (QED) is 0.551. The highest BCUT2D eigenvalue weighted by atomic mass is 16.2. The number of rotatable bonds is 0. The van der Waals surface area contributed by atoms with Gasteiger partial charge >= 0.3 is 0 Å². The summed E-state index contributed by atoms with van der Waals surface area (Å²) in [7, 11) is 1.85. The van der Waals surface area contributed by atoms with Crippen LogP contribution < -0.4 is 5.32 Å². The Morgan fingerprint density at radius 3 is 2.27 bits per heavy atom. The highest BCUT2D eigenvalue weighted by Crippen LogP contribution is 2.23. The number of nitrogens with one attached hydrogen (secondary N) is 1. The van der Waals surface area contributed by atoms with Gasteiger partial charge in [0.05, 0.1) is 12.7 Å². The van der Waals surface area contributed by atoms with Crippen molar-refractivity contribution < 1.29 is 4.79 Å². The third-order valence-electron chi connectivity index (χ3n) is 2.05. The van der Waals surface area contributed by atoms with Gasteiger partial charge in [-0.05, 0) is 5.41 Å². The van der Waals surface area contributed by atoms with Gasteiger partial charge in [0.15, 0.2) is 0 Å². The number of carbonyl (C=O) groups is 1. The number of hydrogen-bond donors (Lipinski definition) is 1. The van der Waals surface area contributed by atoms with Crippen molar-refractivity contribution in [3.05, 3.63) is 0 Å². The van der Waals surface area contributed by atoms with E-state index in [-0.39, 0.29) is 17.5 Å². The summed E-state index contributed by atoms with van der Waals surface area (Å²) >= 11 is 0. The monoisotopic (exact) mass is 156 g/mol. The number of amides is 1. The molecule has 1 aliphatic heterocycles. The molecular formula is C8H16N2O. The Bertz CT molecular complexity index is 171. The molecule has 0 aliphatic carbocycles. The van der Waals surface area contributed by atoms with Gasteiger partial charge in [-0.25, -0.2) is 0 Å². The van der Waals surface area contributed by atoms with Gasteiger partial charge in [0.2, 0.25) is 5.91 Å². The van der Waals surface area contributed by atoms with Crippen molar-refractivity contribution in [1.82, 2.24) is 10.2 Å². The first-order chi connectivity index (χ1) is 4.93. The molecule has 0 aromatic heterocycles. The fourth-order valence-electron chi connectivity index (χ4n) is 1.48. The molecule has 1 rings (SSSR count). The molecule has 1 saturated heterocycles. The molecule has 0 aromatic carbocycles. The van der Waals surface area contributed by atoms with Crippen molar-refractivity contribution >= 4 is 5.91 Å². The Kier molecular flexibility index (Phi) is 1.92. The second kappa shape index (κ2) is 2.48. The van der Waals surface area contributed by atoms with Gasteiger partial charge in [0.1, 0.15) is 0 Å². The fourth-order valence-corrected chi connectivity index (χ4v) is 1.48. The second-order valence-corrected chi connectivity index (χ2v) is 4.15. The lowest BCUT2D eigenvalue weighted by molar-refractivity contribution is -0.127. The molecule has 3 nitrogen and oxygen atoms in total. The van der Waals surface area contributed by atoms with Gasteiger partial charge < -0.3 is 4.90 Å². The second-order valence-electron chi connectivity index (χ2n) is 4.15. The van der Waals surface area contributed by atoms with Crippen LogP contribution in [0.4, 0.5) is 0 Å². The Labute approximate surface area is 67.8 Å². The van der Waals surface area contributed by atoms with Crippen molar-refractivity contribution in [2.24, 2.45) is 5.41 Å². The van der Waals surface area contributed by atoms with Crippen LogP contribution in [0.25, 0.3) is 0 Å². The van der Waals surface area contributed by atoms with Gasteiger partial charge in [-0.1, -0.05) is 20.8 Å². The molecule has 64 valence electrons. The zero-order chi connectivity index (χ0) is 8.65. The largest absolute Gasteiger partial charge is 0.329 e. The molecule has 1 atom stereocenters. The molecule has 11 heavy (non-hydrogen) atoms. The van der Waals surface area contributed by atoms with Gasteiger partial charge in [-0.3, -0.25) is 10.1 Å². The van der Waals surface area contributed by atoms with Crippen LogP contribution >= 0.6 is 0 Å². The standard InChI is InChI=1S/C8H16N2O/c1-8(2,3)7-9-5-6(11)10(7)4/h7,9H,5H2,1-4H3/t7-/m0/s1. The molecule has 0 saturated carbocycles. The van der Waals surface area contributed by atoms with E-state index in [2.05, 4.69) is 26.1 Å². The Hall–Kier alpha value is -0.570. The minimum absolute atomic E-state index is 0.126. The number of likely N-dealkylation sites (N-methyl/N-ethyl adjacent to an activating group) is 1. The normalized spacial score (nSPS) is 26.4. The molecule has 1 amide bonds. The summed E-state index contributed by atoms with van der Waals surface area (Å²) < 4.78 is 0. The molecule has 1 aliphatic rings. The predicted molar refractivity (Wildman–Crippen MR) is 44.0 cm³/mol. The summed E-state index contributed by atoms with van der Waals surface area (Å²) in [6, 6.07) is 0. The van der Waals surface area contributed by atoms with Crippen LogP contribution in [-0.2, 0) is 4.79 Å². The van der Waals surface area contributed by atoms with E-state index in [0.717, 1.165) is 0 Å². The van der Waals surface area contributed by atoms with Crippen molar-refractivity contribution in [1.29, 1.82) is 0 Å². The number of carbonyl (C=O) groups excluding carboxylic acids is 1. The topological polar surface area (TPSA) is 32.3 Å². The molecule has 0 bridgehead atoms. The molecule has 1 fully saturated rings. The molecule has 0 unspecified atom stereocenters. The summed E-state index contributed by atoms with van der Waals surface area (Å²) in [5.41, 5.74) is 0.126. The lowest BCUT2D eigenvalue weighted by Gasteiger charge is -2.32. The van der Waals surface area contributed by atoms with Crippen LogP contribution in [0.1, 0.15) is 20.8 Å². The summed E-state index contributed by atoms with van der Waals surface area (Å²) in [5, 5.41) is 3.17. The maximum Gasteiger partial charge on any atom is 0.237 e. The first-order valence-electron chi connectivity index (χ1n) is 3.92. The summed E-state index contributed by atoms with van der Waals surface area (Å²) in [5.74, 6) is 0.185. The van der Waals surface area contributed by atoms with Gasteiger partial charge in [-0.2, -0.15) is 0 Å². The molecule has 0 radical (unpaired) electrons. The third-order valence-corrected chi connectivity index (χ3v) is 2.05. The van der Waals surface area contributed by atoms with Crippen LogP contribution in [-0.4, -0.2) is 30.6 Å². The molecule has 1 heterocycles. The first-order valence-corrected chi connectivity index (χ1v) is 3.92. The number of hydrogen-bond acceptors (Lipinski definition) is 2. The average molecular weight is 156 g/mol. The molecular weight excluding hydrogens is 140 g/mol. The molecule has 1 N–H and O–H groups in total. The molecule has 3 heteroatoms. The zero-order valence-electron chi connectivity index (χ0n) is 7.64. The van der Waals surface area contributed by atoms with E-state index in [9.17, 15) is 4.79 Å². The van der Waals surface area contributed by atoms with Crippen molar-refractivity contribution in [3.63, 3.8) is 0 Å². The van der Waals surface area contributed by atoms with E-state index < -0.39 is 0 Å². The minimum Gasteiger partial charge on any atom is -0.329 e. The van der Waals surface area contributed by atoms with Gasteiger partial charge in [0.25, 0.3) is 0 Å². The van der Waals surface area contributed by atoms with Crippen LogP contribution in [0, 0.1) is 5.41 Å². The minimum atomic E-state index is 0.126. The highest BCUT2D eigenvalue weighted by Gasteiger charge is 2.35. The number of nitrogens with zero attached hydrogens (tertiary/aromatic N) is 1. The SMILES string of the molecule is CN1C(=O)CN[C@@H]1C(C)(C)C. The van der Waals surface area contributed by atoms with Crippen molar-refractivity contribution in [2.75, 3.05) is 13.6 Å². The Morgan fingerprint density at radius 2 is 2.09 bits per heavy atom. The zero-order valence-corrected chi connectivity index (χ0v) is 7.64. The van der Waals surface area contributed by atoms with E-state index >= 15 is 0 Å². The molecule has 0 aromatic rings. The van der Waals surface area contributed by atoms with E-state index in [1.54, 1.807) is 4.90 Å². The summed E-state index contributed by atoms with van der Waals surface area (Å²) in [4.78, 5) is 12.9. The summed E-state index contributed by atoms with van der Waals surface area (Å²) in [6.45, 7) is 6.86. The van der Waals surface area contributed by atoms with Crippen LogP contribution in [0.2, 0.25) is 0 Å². The Balaban J connectivity index is 2.70. The van der Waals surface area contributed by atoms with Crippen LogP contribution in [0.5, 0.6) is 0 Å². The lowest BCUT2D eigenvalue weighted by atomic mass is 9.92. The van der Waals surface area contributed by atoms with E-state index in [1.807, 2.05) is 7.05 Å². The van der Waals surface area contributed by atoms with Gasteiger partial charge in [-0.15, -0.1) is 0 Å². The predicted octanol–water partition coefficient (Wildman–Crippen LogP) is 0.420. The maximum atomic E-state index is 11.1. The van der Waals surface area contributed by atoms with E-state index in [1.165, 1.54) is 0 Å². The van der Waals surface area contributed by atoms with Crippen LogP contribution in [0.3, 0.4) is 0 Å². The average Bonchev–Trinajstić information content (AvgIpc) is 2.11. The Morgan fingerprint density at radius 1 is 1.55 bits per heavy atom. The van der Waals surface area contributed by atoms with Crippen LogP contribution in [0.15, 0.2) is 0 Å². The van der Waals surface area contributed by atoms with E-state index in [0.29, 0.717) is 6.54 Å². The van der Waals surface area contributed by atoms with Crippen molar-refractivity contribution in [2.45, 2.75) is 26.9 Å². The third kappa shape index (κ3) is 1.53. The first kappa shape index (κ1) is 8.53. The van der Waals surface area contributed by atoms with Gasteiger partial charge in [0, 0.05) is 7.05 Å². The van der Waals surface area contributed by atoms with Crippen molar-refractivity contribution in [3.8, 4) is 0 Å². The lowest BCUT2D eigenvalue weighted by Crippen LogP contribution is -2.44. The van der Waals surface area contributed by atoms with E-state index in [4.69, 9.17) is 0 Å². The highest BCUT2D eigenvalue weighted by molar-refractivity contribution is 5.80. The summed E-state index contributed by atoms with van der Waals surface area (Å²) in [6.07, 6.45) is 0.190. The maximum absolute atomic E-state index is 11.1. The smallest absolute Gasteiger partial charge is 0.237 e.